The first-order valence-corrected chi connectivity index (χ1v) is 9.11. The second kappa shape index (κ2) is 11.3. The van der Waals surface area contributed by atoms with Crippen LogP contribution in [0.1, 0.15) is 24.0 Å². The summed E-state index contributed by atoms with van der Waals surface area (Å²) >= 11 is 0. The normalized spacial score (nSPS) is 13.1. The highest BCUT2D eigenvalue weighted by Gasteiger charge is 2.21. The Hall–Kier alpha value is -2.37. The Morgan fingerprint density at radius 1 is 0.923 bits per heavy atom. The fourth-order valence-electron chi connectivity index (χ4n) is 2.93. The summed E-state index contributed by atoms with van der Waals surface area (Å²) in [7, 11) is 0. The quantitative estimate of drug-likeness (QED) is 0.467. The summed E-state index contributed by atoms with van der Waals surface area (Å²) in [6.07, 6.45) is 1.70. The number of hydrogen-bond acceptors (Lipinski definition) is 3. The zero-order valence-corrected chi connectivity index (χ0v) is 15.0. The van der Waals surface area contributed by atoms with Gasteiger partial charge in [-0.1, -0.05) is 60.7 Å². The summed E-state index contributed by atoms with van der Waals surface area (Å²) in [5, 5.41) is 25.0. The first-order valence-electron chi connectivity index (χ1n) is 9.11. The maximum Gasteiger partial charge on any atom is 0.404 e. The van der Waals surface area contributed by atoms with E-state index in [2.05, 4.69) is 22.8 Å². The van der Waals surface area contributed by atoms with Gasteiger partial charge in [-0.3, -0.25) is 0 Å². The fourth-order valence-corrected chi connectivity index (χ4v) is 2.93. The van der Waals surface area contributed by atoms with Crippen LogP contribution in [0.2, 0.25) is 0 Å². The monoisotopic (exact) mass is 356 g/mol. The minimum atomic E-state index is -1.12. The molecule has 5 heteroatoms. The van der Waals surface area contributed by atoms with Crippen LogP contribution in [-0.4, -0.2) is 41.5 Å². The Balaban J connectivity index is 1.69. The van der Waals surface area contributed by atoms with Gasteiger partial charge in [-0.2, -0.15) is 0 Å². The molecule has 0 saturated heterocycles. The van der Waals surface area contributed by atoms with Gasteiger partial charge in [0.1, 0.15) is 0 Å². The molecular formula is C21H28N2O3. The van der Waals surface area contributed by atoms with Crippen molar-refractivity contribution in [2.24, 2.45) is 0 Å². The second-order valence-corrected chi connectivity index (χ2v) is 6.46. The average Bonchev–Trinajstić information content (AvgIpc) is 2.65. The van der Waals surface area contributed by atoms with Crippen molar-refractivity contribution in [2.75, 3.05) is 13.1 Å². The van der Waals surface area contributed by atoms with Crippen LogP contribution in [0.25, 0.3) is 0 Å². The molecule has 0 radical (unpaired) electrons. The van der Waals surface area contributed by atoms with E-state index >= 15 is 0 Å². The van der Waals surface area contributed by atoms with Gasteiger partial charge in [0.2, 0.25) is 0 Å². The molecule has 0 spiro atoms. The molecule has 0 bridgehead atoms. The minimum absolute atomic E-state index is 0.364. The zero-order valence-electron chi connectivity index (χ0n) is 15.0. The molecule has 26 heavy (non-hydrogen) atoms. The Morgan fingerprint density at radius 2 is 1.54 bits per heavy atom. The van der Waals surface area contributed by atoms with Crippen molar-refractivity contribution in [3.05, 3.63) is 71.8 Å². The molecule has 0 aromatic heterocycles. The standard InChI is InChI=1S/C21H28N2O3/c24-20(16-22-14-8-7-11-17-9-3-1-4-10-17)19(23-21(25)26)15-18-12-5-2-6-13-18/h1-6,9-10,12-13,19-20,22-24H,7-8,11,14-16H2,(H,25,26)/t19-,20+/m0/s1. The molecule has 0 unspecified atom stereocenters. The topological polar surface area (TPSA) is 81.6 Å². The average molecular weight is 356 g/mol. The molecule has 2 rings (SSSR count). The van der Waals surface area contributed by atoms with E-state index in [1.165, 1.54) is 5.56 Å². The molecule has 0 aliphatic rings. The predicted octanol–water partition coefficient (Wildman–Crippen LogP) is 2.84. The van der Waals surface area contributed by atoms with E-state index in [0.29, 0.717) is 13.0 Å². The van der Waals surface area contributed by atoms with Gasteiger partial charge in [0, 0.05) is 6.54 Å². The Kier molecular flexibility index (Phi) is 8.66. The number of unbranched alkanes of at least 4 members (excludes halogenated alkanes) is 1. The van der Waals surface area contributed by atoms with Crippen LogP contribution < -0.4 is 10.6 Å². The van der Waals surface area contributed by atoms with Crippen molar-refractivity contribution < 1.29 is 15.0 Å². The van der Waals surface area contributed by atoms with E-state index in [1.54, 1.807) is 0 Å². The molecule has 4 N–H and O–H groups in total. The number of hydrogen-bond donors (Lipinski definition) is 4. The lowest BCUT2D eigenvalue weighted by atomic mass is 10.0. The highest BCUT2D eigenvalue weighted by Crippen LogP contribution is 2.07. The number of aliphatic hydroxyl groups is 1. The van der Waals surface area contributed by atoms with E-state index in [1.807, 2.05) is 48.5 Å². The van der Waals surface area contributed by atoms with Crippen LogP contribution in [-0.2, 0) is 12.8 Å². The van der Waals surface area contributed by atoms with Gasteiger partial charge < -0.3 is 20.8 Å². The zero-order chi connectivity index (χ0) is 18.6. The largest absolute Gasteiger partial charge is 0.465 e. The van der Waals surface area contributed by atoms with E-state index in [0.717, 1.165) is 31.4 Å². The van der Waals surface area contributed by atoms with Crippen LogP contribution in [0.15, 0.2) is 60.7 Å². The van der Waals surface area contributed by atoms with Gasteiger partial charge in [-0.05, 0) is 43.4 Å². The maximum absolute atomic E-state index is 11.0. The van der Waals surface area contributed by atoms with Crippen LogP contribution in [0.3, 0.4) is 0 Å². The number of aliphatic hydroxyl groups excluding tert-OH is 1. The minimum Gasteiger partial charge on any atom is -0.465 e. The number of aryl methyl sites for hydroxylation is 1. The molecule has 1 amide bonds. The number of benzene rings is 2. The molecule has 2 aromatic rings. The second-order valence-electron chi connectivity index (χ2n) is 6.46. The third kappa shape index (κ3) is 7.68. The molecule has 140 valence electrons. The lowest BCUT2D eigenvalue weighted by molar-refractivity contribution is 0.118. The molecule has 2 aromatic carbocycles. The number of nitrogens with one attached hydrogen (secondary N) is 2. The molecular weight excluding hydrogens is 328 g/mol. The summed E-state index contributed by atoms with van der Waals surface area (Å²) in [6, 6.07) is 19.4. The third-order valence-electron chi connectivity index (χ3n) is 4.34. The highest BCUT2D eigenvalue weighted by molar-refractivity contribution is 5.65. The van der Waals surface area contributed by atoms with E-state index in [9.17, 15) is 9.90 Å². The molecule has 0 aliphatic heterocycles. The molecule has 0 saturated carbocycles. The van der Waals surface area contributed by atoms with Crippen molar-refractivity contribution in [1.29, 1.82) is 0 Å². The molecule has 0 fully saturated rings. The number of rotatable bonds is 11. The molecule has 2 atom stereocenters. The molecule has 0 heterocycles. The van der Waals surface area contributed by atoms with Gasteiger partial charge in [0.15, 0.2) is 0 Å². The molecule has 0 aliphatic carbocycles. The maximum atomic E-state index is 11.0. The smallest absolute Gasteiger partial charge is 0.404 e. The number of carbonyl (C=O) groups is 1. The van der Waals surface area contributed by atoms with Crippen LogP contribution >= 0.6 is 0 Å². The van der Waals surface area contributed by atoms with E-state index < -0.39 is 18.2 Å². The first-order chi connectivity index (χ1) is 12.6. The van der Waals surface area contributed by atoms with Crippen LogP contribution in [0.4, 0.5) is 4.79 Å². The van der Waals surface area contributed by atoms with Crippen molar-refractivity contribution in [3.8, 4) is 0 Å². The van der Waals surface area contributed by atoms with Gasteiger partial charge in [0.25, 0.3) is 0 Å². The van der Waals surface area contributed by atoms with Crippen molar-refractivity contribution in [2.45, 2.75) is 37.8 Å². The Bertz CT molecular complexity index is 634. The third-order valence-corrected chi connectivity index (χ3v) is 4.34. The van der Waals surface area contributed by atoms with Gasteiger partial charge in [-0.15, -0.1) is 0 Å². The van der Waals surface area contributed by atoms with Crippen LogP contribution in [0, 0.1) is 0 Å². The summed E-state index contributed by atoms with van der Waals surface area (Å²) in [5.41, 5.74) is 2.33. The van der Waals surface area contributed by atoms with E-state index in [4.69, 9.17) is 5.11 Å². The predicted molar refractivity (Wildman–Crippen MR) is 103 cm³/mol. The number of amides is 1. The summed E-state index contributed by atoms with van der Waals surface area (Å²) in [4.78, 5) is 11.0. The lowest BCUT2D eigenvalue weighted by Crippen LogP contribution is -2.48. The highest BCUT2D eigenvalue weighted by atomic mass is 16.4. The number of carboxylic acid groups (broad SMARTS) is 1. The lowest BCUT2D eigenvalue weighted by Gasteiger charge is -2.23. The summed E-state index contributed by atoms with van der Waals surface area (Å²) < 4.78 is 0. The summed E-state index contributed by atoms with van der Waals surface area (Å²) in [5.74, 6) is 0. The van der Waals surface area contributed by atoms with Gasteiger partial charge in [-0.25, -0.2) is 4.79 Å². The Morgan fingerprint density at radius 3 is 2.15 bits per heavy atom. The fraction of sp³-hybridized carbons (Fsp3) is 0.381. The van der Waals surface area contributed by atoms with E-state index in [-0.39, 0.29) is 0 Å². The van der Waals surface area contributed by atoms with Crippen molar-refractivity contribution in [1.82, 2.24) is 10.6 Å². The first kappa shape index (κ1) is 19.9. The van der Waals surface area contributed by atoms with Crippen molar-refractivity contribution in [3.63, 3.8) is 0 Å². The SMILES string of the molecule is O=C(O)N[C@@H](Cc1ccccc1)[C@H](O)CNCCCCc1ccccc1. The Labute approximate surface area is 155 Å². The molecule has 5 nitrogen and oxygen atoms in total. The summed E-state index contributed by atoms with van der Waals surface area (Å²) in [6.45, 7) is 1.16. The van der Waals surface area contributed by atoms with Gasteiger partial charge in [0.05, 0.1) is 12.1 Å². The van der Waals surface area contributed by atoms with Crippen molar-refractivity contribution >= 4 is 6.09 Å². The van der Waals surface area contributed by atoms with Crippen LogP contribution in [0.5, 0.6) is 0 Å². The van der Waals surface area contributed by atoms with Gasteiger partial charge >= 0.3 is 6.09 Å².